The van der Waals surface area contributed by atoms with Crippen LogP contribution in [-0.4, -0.2) is 20.3 Å². The molecule has 0 saturated carbocycles. The molecule has 0 bridgehead atoms. The molecule has 0 fully saturated rings. The van der Waals surface area contributed by atoms with Crippen molar-refractivity contribution in [1.82, 2.24) is 5.32 Å². The van der Waals surface area contributed by atoms with Gasteiger partial charge in [0.1, 0.15) is 12.4 Å². The van der Waals surface area contributed by atoms with Gasteiger partial charge in [-0.25, -0.2) is 0 Å². The lowest BCUT2D eigenvalue weighted by molar-refractivity contribution is -0.00000507. The van der Waals surface area contributed by atoms with Gasteiger partial charge in [-0.05, 0) is 18.6 Å². The van der Waals surface area contributed by atoms with Gasteiger partial charge in [-0.2, -0.15) is 0 Å². The second-order valence-corrected chi connectivity index (χ2v) is 5.05. The quantitative estimate of drug-likeness (QED) is 0.710. The summed E-state index contributed by atoms with van der Waals surface area (Å²) in [5.74, 6) is 0.933. The van der Waals surface area contributed by atoms with E-state index in [9.17, 15) is 0 Å². The van der Waals surface area contributed by atoms with Crippen molar-refractivity contribution in [2.75, 3.05) is 20.3 Å². The van der Waals surface area contributed by atoms with Crippen LogP contribution in [0.25, 0.3) is 0 Å². The summed E-state index contributed by atoms with van der Waals surface area (Å²) in [5, 5.41) is 3.34. The predicted molar refractivity (Wildman–Crippen MR) is 85.5 cm³/mol. The van der Waals surface area contributed by atoms with Gasteiger partial charge >= 0.3 is 0 Å². The molecule has 1 N–H and O–H groups in total. The summed E-state index contributed by atoms with van der Waals surface area (Å²) in [6.45, 7) is 5.02. The Kier molecular flexibility index (Phi) is 8.60. The molecule has 0 aromatic heterocycles. The fourth-order valence-corrected chi connectivity index (χ4v) is 2.03. The minimum atomic E-state index is 0. The lowest BCUT2D eigenvalue weighted by atomic mass is 10.1. The third kappa shape index (κ3) is 6.06. The molecule has 0 heterocycles. The molecule has 0 spiro atoms. The number of benzene rings is 2. The van der Waals surface area contributed by atoms with E-state index in [1.807, 2.05) is 18.2 Å². The van der Waals surface area contributed by atoms with E-state index >= 15 is 0 Å². The maximum atomic E-state index is 5.95. The minimum absolute atomic E-state index is 0. The largest absolute Gasteiger partial charge is 1.00 e. The van der Waals surface area contributed by atoms with Crippen molar-refractivity contribution in [3.63, 3.8) is 0 Å². The first-order valence-corrected chi connectivity index (χ1v) is 7.25. The average Bonchev–Trinajstić information content (AvgIpc) is 2.52. The van der Waals surface area contributed by atoms with Crippen molar-refractivity contribution in [3.05, 3.63) is 65.2 Å². The van der Waals surface area contributed by atoms with Crippen LogP contribution in [0.1, 0.15) is 16.7 Å². The molecule has 2 rings (SSSR count). The Balaban J connectivity index is 0.00000242. The zero-order valence-electron chi connectivity index (χ0n) is 13.1. The van der Waals surface area contributed by atoms with Crippen molar-refractivity contribution in [2.45, 2.75) is 20.1 Å². The number of aryl methyl sites for hydroxylation is 1. The van der Waals surface area contributed by atoms with Crippen LogP contribution in [0.2, 0.25) is 0 Å². The number of para-hydroxylation sites is 1. The van der Waals surface area contributed by atoms with E-state index in [1.165, 1.54) is 16.7 Å². The maximum Gasteiger partial charge on any atom is 0.124 e. The SMILES string of the molecule is COCCNCc1ccccc1OCc1ccc(C)cc1.[Cl-]. The monoisotopic (exact) mass is 320 g/mol. The highest BCUT2D eigenvalue weighted by Crippen LogP contribution is 2.19. The van der Waals surface area contributed by atoms with Crippen LogP contribution >= 0.6 is 0 Å². The first kappa shape index (κ1) is 18.5. The van der Waals surface area contributed by atoms with Crippen LogP contribution in [0.15, 0.2) is 48.5 Å². The van der Waals surface area contributed by atoms with Gasteiger partial charge in [-0.1, -0.05) is 48.0 Å². The summed E-state index contributed by atoms with van der Waals surface area (Å²) in [6, 6.07) is 16.6. The highest BCUT2D eigenvalue weighted by Gasteiger charge is 2.03. The number of hydrogen-bond acceptors (Lipinski definition) is 3. The summed E-state index contributed by atoms with van der Waals surface area (Å²) < 4.78 is 11.0. The van der Waals surface area contributed by atoms with Gasteiger partial charge < -0.3 is 27.2 Å². The molecule has 22 heavy (non-hydrogen) atoms. The third-order valence-electron chi connectivity index (χ3n) is 3.29. The van der Waals surface area contributed by atoms with Gasteiger partial charge in [0.25, 0.3) is 0 Å². The molecule has 0 amide bonds. The lowest BCUT2D eigenvalue weighted by Crippen LogP contribution is -3.00. The van der Waals surface area contributed by atoms with E-state index in [2.05, 4.69) is 42.6 Å². The molecular weight excluding hydrogens is 298 g/mol. The standard InChI is InChI=1S/C18H23NO2.ClH/c1-15-7-9-16(10-8-15)14-21-18-6-4-3-5-17(18)13-19-11-12-20-2;/h3-10,19H,11-14H2,1-2H3;1H/p-1. The van der Waals surface area contributed by atoms with Crippen molar-refractivity contribution >= 4 is 0 Å². The van der Waals surface area contributed by atoms with E-state index < -0.39 is 0 Å². The third-order valence-corrected chi connectivity index (χ3v) is 3.29. The van der Waals surface area contributed by atoms with E-state index in [1.54, 1.807) is 7.11 Å². The predicted octanol–water partition coefficient (Wildman–Crippen LogP) is 0.314. The molecular formula is C18H23ClNO2-. The van der Waals surface area contributed by atoms with Crippen molar-refractivity contribution in [1.29, 1.82) is 0 Å². The molecule has 120 valence electrons. The smallest absolute Gasteiger partial charge is 0.124 e. The molecule has 0 saturated heterocycles. The summed E-state index contributed by atoms with van der Waals surface area (Å²) in [4.78, 5) is 0. The van der Waals surface area contributed by atoms with E-state index in [4.69, 9.17) is 9.47 Å². The van der Waals surface area contributed by atoms with Gasteiger partial charge in [0.2, 0.25) is 0 Å². The number of methoxy groups -OCH3 is 1. The van der Waals surface area contributed by atoms with Crippen LogP contribution in [0.3, 0.4) is 0 Å². The molecule has 0 unspecified atom stereocenters. The topological polar surface area (TPSA) is 30.5 Å². The molecule has 0 atom stereocenters. The van der Waals surface area contributed by atoms with E-state index in [0.717, 1.165) is 18.8 Å². The lowest BCUT2D eigenvalue weighted by Gasteiger charge is -2.12. The van der Waals surface area contributed by atoms with Gasteiger partial charge in [-0.3, -0.25) is 0 Å². The van der Waals surface area contributed by atoms with Crippen molar-refractivity contribution < 1.29 is 21.9 Å². The van der Waals surface area contributed by atoms with E-state index in [0.29, 0.717) is 13.2 Å². The summed E-state index contributed by atoms with van der Waals surface area (Å²) in [5.41, 5.74) is 3.62. The molecule has 2 aromatic rings. The Labute approximate surface area is 139 Å². The van der Waals surface area contributed by atoms with Crippen molar-refractivity contribution in [3.8, 4) is 5.75 Å². The number of rotatable bonds is 8. The first-order chi connectivity index (χ1) is 10.3. The van der Waals surface area contributed by atoms with E-state index in [-0.39, 0.29) is 12.4 Å². The highest BCUT2D eigenvalue weighted by atomic mass is 35.5. The summed E-state index contributed by atoms with van der Waals surface area (Å²) in [6.07, 6.45) is 0. The Morgan fingerprint density at radius 1 is 1.00 bits per heavy atom. The number of ether oxygens (including phenoxy) is 2. The molecule has 0 aliphatic heterocycles. The molecule has 0 aliphatic rings. The van der Waals surface area contributed by atoms with Crippen LogP contribution < -0.4 is 22.5 Å². The van der Waals surface area contributed by atoms with Crippen LogP contribution in [0.5, 0.6) is 5.75 Å². The fraction of sp³-hybridized carbons (Fsp3) is 0.333. The zero-order valence-corrected chi connectivity index (χ0v) is 13.9. The second kappa shape index (κ2) is 10.2. The second-order valence-electron chi connectivity index (χ2n) is 5.05. The van der Waals surface area contributed by atoms with Gasteiger partial charge in [0.05, 0.1) is 6.61 Å². The molecule has 2 aromatic carbocycles. The number of halogens is 1. The Hall–Kier alpha value is -1.55. The maximum absolute atomic E-state index is 5.95. The van der Waals surface area contributed by atoms with Gasteiger partial charge in [0, 0.05) is 25.8 Å². The normalized spacial score (nSPS) is 10.1. The Morgan fingerprint density at radius 3 is 2.45 bits per heavy atom. The van der Waals surface area contributed by atoms with Gasteiger partial charge in [-0.15, -0.1) is 0 Å². The van der Waals surface area contributed by atoms with Crippen molar-refractivity contribution in [2.24, 2.45) is 0 Å². The summed E-state index contributed by atoms with van der Waals surface area (Å²) >= 11 is 0. The number of hydrogen-bond donors (Lipinski definition) is 1. The molecule has 3 nitrogen and oxygen atoms in total. The fourth-order valence-electron chi connectivity index (χ4n) is 2.03. The van der Waals surface area contributed by atoms with Crippen LogP contribution in [0, 0.1) is 6.92 Å². The zero-order chi connectivity index (χ0) is 14.9. The first-order valence-electron chi connectivity index (χ1n) is 7.25. The molecule has 0 aliphatic carbocycles. The van der Waals surface area contributed by atoms with Crippen LogP contribution in [0.4, 0.5) is 0 Å². The highest BCUT2D eigenvalue weighted by molar-refractivity contribution is 5.33. The van der Waals surface area contributed by atoms with Crippen LogP contribution in [-0.2, 0) is 17.9 Å². The molecule has 0 radical (unpaired) electrons. The number of nitrogens with one attached hydrogen (secondary N) is 1. The molecule has 4 heteroatoms. The summed E-state index contributed by atoms with van der Waals surface area (Å²) in [7, 11) is 1.71. The Bertz CT molecular complexity index is 543. The van der Waals surface area contributed by atoms with Gasteiger partial charge in [0.15, 0.2) is 0 Å². The average molecular weight is 321 g/mol. The minimum Gasteiger partial charge on any atom is -1.00 e. The Morgan fingerprint density at radius 2 is 1.73 bits per heavy atom.